The molecule has 0 radical (unpaired) electrons. The number of rotatable bonds is 6. The zero-order valence-electron chi connectivity index (χ0n) is 15.9. The molecule has 156 valence electrons. The van der Waals surface area contributed by atoms with Gasteiger partial charge in [-0.1, -0.05) is 11.2 Å². The van der Waals surface area contributed by atoms with Gasteiger partial charge >= 0.3 is 12.2 Å². The Labute approximate surface area is 169 Å². The summed E-state index contributed by atoms with van der Waals surface area (Å²) in [6.07, 6.45) is -1.64. The molecule has 0 spiro atoms. The third-order valence-electron chi connectivity index (χ3n) is 3.95. The van der Waals surface area contributed by atoms with Crippen LogP contribution in [0.4, 0.5) is 19.2 Å². The van der Waals surface area contributed by atoms with Crippen LogP contribution < -0.4 is 14.8 Å². The highest BCUT2D eigenvalue weighted by Crippen LogP contribution is 2.31. The number of aromatic nitrogens is 2. The Morgan fingerprint density at radius 3 is 2.37 bits per heavy atom. The normalized spacial score (nSPS) is 11.5. The van der Waals surface area contributed by atoms with Crippen LogP contribution in [0.2, 0.25) is 0 Å². The maximum atomic E-state index is 12.6. The van der Waals surface area contributed by atoms with Crippen molar-refractivity contribution < 1.29 is 31.9 Å². The molecule has 0 aliphatic carbocycles. The fourth-order valence-electron chi connectivity index (χ4n) is 2.47. The van der Waals surface area contributed by atoms with E-state index in [0.29, 0.717) is 17.1 Å². The predicted molar refractivity (Wildman–Crippen MR) is 102 cm³/mol. The second kappa shape index (κ2) is 8.68. The highest BCUT2D eigenvalue weighted by atomic mass is 19.4. The third kappa shape index (κ3) is 4.96. The molecule has 3 rings (SSSR count). The Hall–Kier alpha value is -3.82. The Kier molecular flexibility index (Phi) is 6.05. The topological polar surface area (TPSA) is 86.5 Å². The minimum atomic E-state index is -4.44. The van der Waals surface area contributed by atoms with Crippen molar-refractivity contribution in [2.75, 3.05) is 19.5 Å². The minimum absolute atomic E-state index is 0.0251. The lowest BCUT2D eigenvalue weighted by Gasteiger charge is -2.07. The summed E-state index contributed by atoms with van der Waals surface area (Å²) < 4.78 is 53.5. The SMILES string of the molecule is COc1ccc(/C=C/C(=O)Nc2nnc(-c3ccc(C(F)(F)F)cc3)o2)cc1OC. The summed E-state index contributed by atoms with van der Waals surface area (Å²) in [7, 11) is 3.02. The van der Waals surface area contributed by atoms with Crippen molar-refractivity contribution in [2.45, 2.75) is 6.18 Å². The van der Waals surface area contributed by atoms with Crippen molar-refractivity contribution in [1.82, 2.24) is 10.2 Å². The molecule has 0 saturated heterocycles. The van der Waals surface area contributed by atoms with Gasteiger partial charge in [-0.15, -0.1) is 5.10 Å². The highest BCUT2D eigenvalue weighted by molar-refractivity contribution is 6.00. The predicted octanol–water partition coefficient (Wildman–Crippen LogP) is 4.42. The van der Waals surface area contributed by atoms with Crippen molar-refractivity contribution in [3.8, 4) is 23.0 Å². The molecule has 0 aliphatic heterocycles. The van der Waals surface area contributed by atoms with Crippen LogP contribution in [-0.4, -0.2) is 30.3 Å². The van der Waals surface area contributed by atoms with Crippen LogP contribution in [0.25, 0.3) is 17.5 Å². The monoisotopic (exact) mass is 419 g/mol. The van der Waals surface area contributed by atoms with E-state index in [1.165, 1.54) is 32.4 Å². The number of carbonyl (C=O) groups excluding carboxylic acids is 1. The van der Waals surface area contributed by atoms with Crippen LogP contribution >= 0.6 is 0 Å². The summed E-state index contributed by atoms with van der Waals surface area (Å²) in [6, 6.07) is 9.17. The standard InChI is InChI=1S/C20H16F3N3O4/c1-28-15-9-3-12(11-16(15)29-2)4-10-17(27)24-19-26-25-18(30-19)13-5-7-14(8-6-13)20(21,22)23/h3-11H,1-2H3,(H,24,26,27)/b10-4+. The molecule has 0 bridgehead atoms. The number of benzene rings is 2. The molecular weight excluding hydrogens is 403 g/mol. The van der Waals surface area contributed by atoms with Gasteiger partial charge in [0.05, 0.1) is 19.8 Å². The van der Waals surface area contributed by atoms with E-state index in [4.69, 9.17) is 13.9 Å². The molecule has 7 nitrogen and oxygen atoms in total. The number of amides is 1. The average Bonchev–Trinajstić information content (AvgIpc) is 3.19. The first-order valence-corrected chi connectivity index (χ1v) is 8.52. The quantitative estimate of drug-likeness (QED) is 0.595. The Bertz CT molecular complexity index is 1060. The number of alkyl halides is 3. The first kappa shape index (κ1) is 20.9. The van der Waals surface area contributed by atoms with Gasteiger partial charge in [0.15, 0.2) is 11.5 Å². The van der Waals surface area contributed by atoms with Crippen molar-refractivity contribution in [1.29, 1.82) is 0 Å². The Balaban J connectivity index is 1.66. The van der Waals surface area contributed by atoms with Crippen molar-refractivity contribution in [3.05, 3.63) is 59.7 Å². The summed E-state index contributed by atoms with van der Waals surface area (Å²) in [4.78, 5) is 12.1. The maximum Gasteiger partial charge on any atom is 0.416 e. The second-order valence-electron chi connectivity index (χ2n) is 5.92. The van der Waals surface area contributed by atoms with Crippen molar-refractivity contribution in [3.63, 3.8) is 0 Å². The fourth-order valence-corrected chi connectivity index (χ4v) is 2.47. The van der Waals surface area contributed by atoms with Gasteiger partial charge in [-0.25, -0.2) is 0 Å². The summed E-state index contributed by atoms with van der Waals surface area (Å²) in [5, 5.41) is 9.78. The molecule has 30 heavy (non-hydrogen) atoms. The van der Waals surface area contributed by atoms with E-state index in [1.807, 2.05) is 0 Å². The molecule has 0 atom stereocenters. The van der Waals surface area contributed by atoms with E-state index in [2.05, 4.69) is 15.5 Å². The largest absolute Gasteiger partial charge is 0.493 e. The molecule has 2 aromatic carbocycles. The number of hydrogen-bond donors (Lipinski definition) is 1. The molecule has 1 heterocycles. The molecular formula is C20H16F3N3O4. The zero-order chi connectivity index (χ0) is 21.7. The molecule has 1 aromatic heterocycles. The van der Waals surface area contributed by atoms with Crippen molar-refractivity contribution >= 4 is 18.0 Å². The van der Waals surface area contributed by atoms with Gasteiger partial charge in [0, 0.05) is 11.6 Å². The first-order chi connectivity index (χ1) is 14.3. The smallest absolute Gasteiger partial charge is 0.416 e. The number of methoxy groups -OCH3 is 2. The van der Waals surface area contributed by atoms with Gasteiger partial charge in [0.2, 0.25) is 5.89 Å². The van der Waals surface area contributed by atoms with Crippen LogP contribution in [0.3, 0.4) is 0 Å². The molecule has 3 aromatic rings. The van der Waals surface area contributed by atoms with E-state index in [1.54, 1.807) is 24.3 Å². The first-order valence-electron chi connectivity index (χ1n) is 8.52. The van der Waals surface area contributed by atoms with Gasteiger partial charge in [0.25, 0.3) is 5.91 Å². The Morgan fingerprint density at radius 1 is 1.03 bits per heavy atom. The zero-order valence-corrected chi connectivity index (χ0v) is 15.9. The summed E-state index contributed by atoms with van der Waals surface area (Å²) >= 11 is 0. The molecule has 1 N–H and O–H groups in total. The number of ether oxygens (including phenoxy) is 2. The number of nitrogens with one attached hydrogen (secondary N) is 1. The lowest BCUT2D eigenvalue weighted by atomic mass is 10.1. The van der Waals surface area contributed by atoms with E-state index >= 15 is 0 Å². The van der Waals surface area contributed by atoms with Crippen LogP contribution in [0.1, 0.15) is 11.1 Å². The van der Waals surface area contributed by atoms with Gasteiger partial charge in [-0.05, 0) is 48.0 Å². The molecule has 0 fully saturated rings. The number of nitrogens with zero attached hydrogens (tertiary/aromatic N) is 2. The minimum Gasteiger partial charge on any atom is -0.493 e. The van der Waals surface area contributed by atoms with Crippen LogP contribution in [0.15, 0.2) is 53.0 Å². The molecule has 1 amide bonds. The molecule has 0 unspecified atom stereocenters. The maximum absolute atomic E-state index is 12.6. The fraction of sp³-hybridized carbons (Fsp3) is 0.150. The van der Waals surface area contributed by atoms with E-state index in [9.17, 15) is 18.0 Å². The third-order valence-corrected chi connectivity index (χ3v) is 3.95. The molecule has 0 saturated carbocycles. The van der Waals surface area contributed by atoms with E-state index < -0.39 is 17.6 Å². The van der Waals surface area contributed by atoms with Gasteiger partial charge in [-0.2, -0.15) is 13.2 Å². The molecule has 10 heteroatoms. The summed E-state index contributed by atoms with van der Waals surface area (Å²) in [5.74, 6) is 0.509. The van der Waals surface area contributed by atoms with Crippen molar-refractivity contribution in [2.24, 2.45) is 0 Å². The number of carbonyl (C=O) groups is 1. The lowest BCUT2D eigenvalue weighted by Crippen LogP contribution is -2.07. The average molecular weight is 419 g/mol. The highest BCUT2D eigenvalue weighted by Gasteiger charge is 2.30. The van der Waals surface area contributed by atoms with Gasteiger partial charge < -0.3 is 13.9 Å². The molecule has 0 aliphatic rings. The lowest BCUT2D eigenvalue weighted by molar-refractivity contribution is -0.137. The summed E-state index contributed by atoms with van der Waals surface area (Å²) in [6.45, 7) is 0. The van der Waals surface area contributed by atoms with Crippen LogP contribution in [-0.2, 0) is 11.0 Å². The van der Waals surface area contributed by atoms with Gasteiger partial charge in [-0.3, -0.25) is 10.1 Å². The van der Waals surface area contributed by atoms with Gasteiger partial charge in [0.1, 0.15) is 0 Å². The van der Waals surface area contributed by atoms with Crippen LogP contribution in [0, 0.1) is 0 Å². The number of halogens is 3. The number of anilines is 1. The number of hydrogen-bond acceptors (Lipinski definition) is 6. The van der Waals surface area contributed by atoms with E-state index in [0.717, 1.165) is 12.1 Å². The van der Waals surface area contributed by atoms with Crippen LogP contribution in [0.5, 0.6) is 11.5 Å². The van der Waals surface area contributed by atoms with E-state index in [-0.39, 0.29) is 17.5 Å². The second-order valence-corrected chi connectivity index (χ2v) is 5.92. The summed E-state index contributed by atoms with van der Waals surface area (Å²) in [5.41, 5.74) is 0.190. The Morgan fingerprint density at radius 2 is 1.73 bits per heavy atom.